The van der Waals surface area contributed by atoms with Crippen molar-refractivity contribution in [2.45, 2.75) is 33.6 Å². The Bertz CT molecular complexity index is 421. The van der Waals surface area contributed by atoms with Crippen molar-refractivity contribution >= 4 is 11.6 Å². The first-order valence-electron chi connectivity index (χ1n) is 6.29. The number of rotatable bonds is 4. The van der Waals surface area contributed by atoms with Gasteiger partial charge in [-0.2, -0.15) is 0 Å². The molecule has 1 nitrogen and oxygen atoms in total. The van der Waals surface area contributed by atoms with Gasteiger partial charge in [-0.1, -0.05) is 44.7 Å². The van der Waals surface area contributed by atoms with E-state index in [1.54, 1.807) is 0 Å². The molecule has 0 saturated heterocycles. The van der Waals surface area contributed by atoms with E-state index < -0.39 is 0 Å². The van der Waals surface area contributed by atoms with Gasteiger partial charge in [-0.15, -0.1) is 11.6 Å². The van der Waals surface area contributed by atoms with E-state index in [-0.39, 0.29) is 0 Å². The summed E-state index contributed by atoms with van der Waals surface area (Å²) in [6.07, 6.45) is 2.21. The highest BCUT2D eigenvalue weighted by Crippen LogP contribution is 2.22. The van der Waals surface area contributed by atoms with Crippen LogP contribution in [0.2, 0.25) is 0 Å². The quantitative estimate of drug-likeness (QED) is 0.443. The molecule has 98 valence electrons. The van der Waals surface area contributed by atoms with E-state index in [9.17, 15) is 0 Å². The Morgan fingerprint density at radius 2 is 1.94 bits per heavy atom. The molecule has 0 aromatic heterocycles. The first kappa shape index (κ1) is 14.9. The van der Waals surface area contributed by atoms with Gasteiger partial charge in [-0.3, -0.25) is 0 Å². The molecule has 0 aliphatic carbocycles. The lowest BCUT2D eigenvalue weighted by atomic mass is 9.91. The summed E-state index contributed by atoms with van der Waals surface area (Å²) in [4.78, 5) is 0. The molecule has 2 heteroatoms. The Labute approximate surface area is 115 Å². The second-order valence-electron chi connectivity index (χ2n) is 5.44. The maximum atomic E-state index is 5.78. The van der Waals surface area contributed by atoms with Crippen molar-refractivity contribution in [2.24, 2.45) is 5.41 Å². The fourth-order valence-electron chi connectivity index (χ4n) is 1.61. The zero-order valence-electron chi connectivity index (χ0n) is 11.4. The van der Waals surface area contributed by atoms with Crippen LogP contribution in [-0.4, -0.2) is 12.5 Å². The lowest BCUT2D eigenvalue weighted by Gasteiger charge is -2.17. The molecule has 0 saturated carbocycles. The summed E-state index contributed by atoms with van der Waals surface area (Å²) in [6.45, 7) is 7.46. The van der Waals surface area contributed by atoms with Crippen LogP contribution in [-0.2, 0) is 0 Å². The number of hydrogen-bond donors (Lipinski definition) is 0. The highest BCUT2D eigenvalue weighted by molar-refractivity contribution is 6.19. The summed E-state index contributed by atoms with van der Waals surface area (Å²) >= 11 is 5.57. The van der Waals surface area contributed by atoms with E-state index in [2.05, 4.69) is 32.6 Å². The van der Waals surface area contributed by atoms with Gasteiger partial charge in [0.1, 0.15) is 5.75 Å². The molecule has 0 radical (unpaired) electrons. The molecule has 0 spiro atoms. The topological polar surface area (TPSA) is 9.23 Å². The monoisotopic (exact) mass is 264 g/mol. The third-order valence-electron chi connectivity index (χ3n) is 2.51. The zero-order valence-corrected chi connectivity index (χ0v) is 12.2. The molecule has 1 aromatic carbocycles. The Morgan fingerprint density at radius 1 is 1.22 bits per heavy atom. The van der Waals surface area contributed by atoms with Gasteiger partial charge < -0.3 is 4.74 Å². The minimum atomic E-state index is 0.346. The van der Waals surface area contributed by atoms with Crippen molar-refractivity contribution in [1.29, 1.82) is 0 Å². The predicted octanol–water partition coefficient (Wildman–Crippen LogP) is 4.48. The Balaban J connectivity index is 2.52. The molecule has 1 rings (SSSR count). The summed E-state index contributed by atoms with van der Waals surface area (Å²) in [5.74, 6) is 7.06. The summed E-state index contributed by atoms with van der Waals surface area (Å²) in [7, 11) is 0. The van der Waals surface area contributed by atoms with Gasteiger partial charge in [-0.05, 0) is 30.4 Å². The highest BCUT2D eigenvalue weighted by Gasteiger charge is 2.09. The molecule has 0 aliphatic heterocycles. The van der Waals surface area contributed by atoms with E-state index in [1.807, 2.05) is 24.3 Å². The zero-order chi connectivity index (χ0) is 13.4. The summed E-state index contributed by atoms with van der Waals surface area (Å²) < 4.78 is 5.78. The fraction of sp³-hybridized carbons (Fsp3) is 0.500. The largest absolute Gasteiger partial charge is 0.492 e. The number of benzene rings is 1. The van der Waals surface area contributed by atoms with Crippen LogP contribution in [0.5, 0.6) is 5.75 Å². The van der Waals surface area contributed by atoms with E-state index in [1.165, 1.54) is 0 Å². The van der Waals surface area contributed by atoms with Crippen molar-refractivity contribution < 1.29 is 4.74 Å². The Kier molecular flexibility index (Phi) is 6.09. The third kappa shape index (κ3) is 5.98. The van der Waals surface area contributed by atoms with Gasteiger partial charge in [-0.25, -0.2) is 0 Å². The molecule has 18 heavy (non-hydrogen) atoms. The molecular weight excluding hydrogens is 244 g/mol. The molecular formula is C16H21ClO. The lowest BCUT2D eigenvalue weighted by Crippen LogP contribution is -2.08. The number of ether oxygens (including phenoxy) is 1. The van der Waals surface area contributed by atoms with Crippen LogP contribution >= 0.6 is 11.6 Å². The van der Waals surface area contributed by atoms with Crippen molar-refractivity contribution in [3.63, 3.8) is 0 Å². The summed E-state index contributed by atoms with van der Waals surface area (Å²) in [5.41, 5.74) is 1.27. The van der Waals surface area contributed by atoms with Crippen LogP contribution in [0.15, 0.2) is 24.3 Å². The predicted molar refractivity (Wildman–Crippen MR) is 78.2 cm³/mol. The van der Waals surface area contributed by atoms with Crippen molar-refractivity contribution in [1.82, 2.24) is 0 Å². The van der Waals surface area contributed by atoms with E-state index in [4.69, 9.17) is 16.3 Å². The van der Waals surface area contributed by atoms with Gasteiger partial charge in [0.05, 0.1) is 18.1 Å². The first-order chi connectivity index (χ1) is 8.53. The average Bonchev–Trinajstić information content (AvgIpc) is 2.32. The van der Waals surface area contributed by atoms with Crippen LogP contribution in [0.4, 0.5) is 0 Å². The highest BCUT2D eigenvalue weighted by atomic mass is 35.5. The van der Waals surface area contributed by atoms with Crippen molar-refractivity contribution in [2.75, 3.05) is 12.5 Å². The van der Waals surface area contributed by atoms with Gasteiger partial charge in [0, 0.05) is 0 Å². The normalized spacial score (nSPS) is 10.7. The Morgan fingerprint density at radius 3 is 2.61 bits per heavy atom. The number of alkyl halides is 1. The average molecular weight is 265 g/mol. The van der Waals surface area contributed by atoms with Gasteiger partial charge in [0.15, 0.2) is 0 Å². The van der Waals surface area contributed by atoms with Gasteiger partial charge in [0.2, 0.25) is 0 Å². The molecule has 0 bridgehead atoms. The standard InChI is InChI=1S/C16H21ClO/c1-16(2,3)11-7-13-18-15-10-5-4-8-14(15)9-6-12-17/h4-5,8,10H,7,11-13H2,1-3H3. The minimum absolute atomic E-state index is 0.346. The molecule has 1 aromatic rings. The Hall–Kier alpha value is -1.13. The van der Waals surface area contributed by atoms with E-state index in [0.29, 0.717) is 11.3 Å². The molecule has 0 fully saturated rings. The lowest BCUT2D eigenvalue weighted by molar-refractivity contribution is 0.268. The minimum Gasteiger partial charge on any atom is -0.492 e. The van der Waals surface area contributed by atoms with E-state index in [0.717, 1.165) is 30.8 Å². The number of hydrogen-bond acceptors (Lipinski definition) is 1. The number of para-hydroxylation sites is 1. The number of halogens is 1. The van der Waals surface area contributed by atoms with Crippen LogP contribution < -0.4 is 4.74 Å². The third-order valence-corrected chi connectivity index (χ3v) is 2.64. The first-order valence-corrected chi connectivity index (χ1v) is 6.83. The maximum Gasteiger partial charge on any atom is 0.134 e. The molecule has 0 N–H and O–H groups in total. The smallest absolute Gasteiger partial charge is 0.134 e. The molecule has 0 atom stereocenters. The molecule has 0 heterocycles. The van der Waals surface area contributed by atoms with Gasteiger partial charge in [0.25, 0.3) is 0 Å². The fourth-order valence-corrected chi connectivity index (χ4v) is 1.68. The summed E-state index contributed by atoms with van der Waals surface area (Å²) in [5, 5.41) is 0. The molecule has 0 amide bonds. The van der Waals surface area contributed by atoms with Crippen LogP contribution in [0.25, 0.3) is 0 Å². The van der Waals surface area contributed by atoms with E-state index >= 15 is 0 Å². The van der Waals surface area contributed by atoms with Crippen LogP contribution in [0.1, 0.15) is 39.2 Å². The van der Waals surface area contributed by atoms with Gasteiger partial charge >= 0.3 is 0 Å². The van der Waals surface area contributed by atoms with Crippen LogP contribution in [0, 0.1) is 17.3 Å². The van der Waals surface area contributed by atoms with Crippen LogP contribution in [0.3, 0.4) is 0 Å². The molecule has 0 aliphatic rings. The SMILES string of the molecule is CC(C)(C)CCCOc1ccccc1C#CCCl. The van der Waals surface area contributed by atoms with Crippen molar-refractivity contribution in [3.05, 3.63) is 29.8 Å². The van der Waals surface area contributed by atoms with Crippen molar-refractivity contribution in [3.8, 4) is 17.6 Å². The maximum absolute atomic E-state index is 5.78. The second kappa shape index (κ2) is 7.34. The summed E-state index contributed by atoms with van der Waals surface area (Å²) in [6, 6.07) is 7.83. The second-order valence-corrected chi connectivity index (χ2v) is 5.71. The molecule has 0 unspecified atom stereocenters.